The predicted octanol–water partition coefficient (Wildman–Crippen LogP) is 4.86. The van der Waals surface area contributed by atoms with Gasteiger partial charge in [-0.2, -0.15) is 0 Å². The van der Waals surface area contributed by atoms with Gasteiger partial charge >= 0.3 is 0 Å². The first-order valence-corrected chi connectivity index (χ1v) is 8.31. The zero-order valence-electron chi connectivity index (χ0n) is 14.0. The number of hydrogen-bond acceptors (Lipinski definition) is 2. The van der Waals surface area contributed by atoms with Crippen molar-refractivity contribution < 1.29 is 4.74 Å². The molecule has 0 bridgehead atoms. The molecule has 3 aromatic rings. The molecule has 0 saturated carbocycles. The van der Waals surface area contributed by atoms with E-state index in [1.807, 2.05) is 18.2 Å². The molecule has 0 aliphatic carbocycles. The summed E-state index contributed by atoms with van der Waals surface area (Å²) in [7, 11) is 0. The molecule has 0 heterocycles. The van der Waals surface area contributed by atoms with Crippen LogP contribution in [-0.4, -0.2) is 0 Å². The van der Waals surface area contributed by atoms with E-state index in [1.54, 1.807) is 0 Å². The third-order valence-corrected chi connectivity index (χ3v) is 3.95. The van der Waals surface area contributed by atoms with Crippen molar-refractivity contribution in [2.75, 3.05) is 0 Å². The van der Waals surface area contributed by atoms with Gasteiger partial charge in [0.2, 0.25) is 0 Å². The van der Waals surface area contributed by atoms with Gasteiger partial charge in [0.1, 0.15) is 12.4 Å². The van der Waals surface area contributed by atoms with Crippen LogP contribution in [0.2, 0.25) is 0 Å². The summed E-state index contributed by atoms with van der Waals surface area (Å²) in [5.74, 6) is 0.905. The number of hydrogen-bond donors (Lipinski definition) is 1. The average Bonchev–Trinajstić information content (AvgIpc) is 2.63. The SMILES string of the molecule is Cc1ccc(COc2ccc(CNCc3ccccc3)cc2)cc1. The van der Waals surface area contributed by atoms with Crippen LogP contribution in [0.25, 0.3) is 0 Å². The molecule has 3 aromatic carbocycles. The Bertz CT molecular complexity index is 733. The van der Waals surface area contributed by atoms with Crippen LogP contribution in [0, 0.1) is 6.92 Å². The van der Waals surface area contributed by atoms with Crippen LogP contribution >= 0.6 is 0 Å². The standard InChI is InChI=1S/C22H23NO/c1-18-7-9-21(10-8-18)17-24-22-13-11-20(12-14-22)16-23-15-19-5-3-2-4-6-19/h2-14,23H,15-17H2,1H3. The van der Waals surface area contributed by atoms with Crippen LogP contribution in [-0.2, 0) is 19.7 Å². The zero-order valence-corrected chi connectivity index (χ0v) is 14.0. The van der Waals surface area contributed by atoms with Crippen molar-refractivity contribution in [2.45, 2.75) is 26.6 Å². The molecule has 0 spiro atoms. The highest BCUT2D eigenvalue weighted by Crippen LogP contribution is 2.14. The lowest BCUT2D eigenvalue weighted by Gasteiger charge is -2.09. The summed E-state index contributed by atoms with van der Waals surface area (Å²) >= 11 is 0. The van der Waals surface area contributed by atoms with E-state index in [4.69, 9.17) is 4.74 Å². The molecule has 0 amide bonds. The maximum atomic E-state index is 5.84. The van der Waals surface area contributed by atoms with Crippen LogP contribution in [0.15, 0.2) is 78.9 Å². The minimum absolute atomic E-state index is 0.603. The first-order valence-electron chi connectivity index (χ1n) is 8.31. The molecular formula is C22H23NO. The van der Waals surface area contributed by atoms with E-state index in [1.165, 1.54) is 22.3 Å². The molecule has 3 rings (SSSR count). The van der Waals surface area contributed by atoms with E-state index < -0.39 is 0 Å². The fourth-order valence-corrected chi connectivity index (χ4v) is 2.50. The van der Waals surface area contributed by atoms with Gasteiger partial charge in [-0.3, -0.25) is 0 Å². The first-order chi connectivity index (χ1) is 11.8. The second-order valence-electron chi connectivity index (χ2n) is 6.01. The lowest BCUT2D eigenvalue weighted by molar-refractivity contribution is 0.306. The average molecular weight is 317 g/mol. The Kier molecular flexibility index (Phi) is 5.65. The Hall–Kier alpha value is -2.58. The third kappa shape index (κ3) is 4.97. The summed E-state index contributed by atoms with van der Waals surface area (Å²) in [6, 6.07) is 27.2. The smallest absolute Gasteiger partial charge is 0.119 e. The normalized spacial score (nSPS) is 10.5. The molecule has 1 N–H and O–H groups in total. The third-order valence-electron chi connectivity index (χ3n) is 3.95. The Morgan fingerprint density at radius 3 is 1.92 bits per heavy atom. The molecule has 0 fully saturated rings. The molecule has 2 heteroatoms. The number of benzene rings is 3. The summed E-state index contributed by atoms with van der Waals surface area (Å²) in [4.78, 5) is 0. The minimum Gasteiger partial charge on any atom is -0.489 e. The lowest BCUT2D eigenvalue weighted by atomic mass is 10.1. The lowest BCUT2D eigenvalue weighted by Crippen LogP contribution is -2.12. The van der Waals surface area contributed by atoms with Gasteiger partial charge in [-0.1, -0.05) is 72.3 Å². The molecule has 0 atom stereocenters. The van der Waals surface area contributed by atoms with Crippen LogP contribution in [0.5, 0.6) is 5.75 Å². The van der Waals surface area contributed by atoms with E-state index in [9.17, 15) is 0 Å². The largest absolute Gasteiger partial charge is 0.489 e. The van der Waals surface area contributed by atoms with Crippen molar-refractivity contribution >= 4 is 0 Å². The van der Waals surface area contributed by atoms with Gasteiger partial charge in [0.25, 0.3) is 0 Å². The molecule has 0 saturated heterocycles. The summed E-state index contributed by atoms with van der Waals surface area (Å²) in [5.41, 5.74) is 5.02. The number of ether oxygens (including phenoxy) is 1. The number of rotatable bonds is 7. The highest BCUT2D eigenvalue weighted by molar-refractivity contribution is 5.28. The summed E-state index contributed by atoms with van der Waals surface area (Å²) in [5, 5.41) is 3.46. The Balaban J connectivity index is 1.45. The van der Waals surface area contributed by atoms with Crippen LogP contribution in [0.4, 0.5) is 0 Å². The topological polar surface area (TPSA) is 21.3 Å². The van der Waals surface area contributed by atoms with Crippen LogP contribution in [0.3, 0.4) is 0 Å². The second kappa shape index (κ2) is 8.32. The second-order valence-corrected chi connectivity index (χ2v) is 6.01. The fourth-order valence-electron chi connectivity index (χ4n) is 2.50. The fraction of sp³-hybridized carbons (Fsp3) is 0.182. The highest BCUT2D eigenvalue weighted by Gasteiger charge is 1.98. The maximum Gasteiger partial charge on any atom is 0.119 e. The monoisotopic (exact) mass is 317 g/mol. The number of nitrogens with one attached hydrogen (secondary N) is 1. The number of aryl methyl sites for hydroxylation is 1. The molecule has 0 aromatic heterocycles. The van der Waals surface area contributed by atoms with Gasteiger partial charge in [-0.25, -0.2) is 0 Å². The molecule has 0 aliphatic rings. The summed E-state index contributed by atoms with van der Waals surface area (Å²) in [6.07, 6.45) is 0. The molecule has 0 unspecified atom stereocenters. The van der Waals surface area contributed by atoms with Crippen molar-refractivity contribution in [2.24, 2.45) is 0 Å². The molecular weight excluding hydrogens is 294 g/mol. The minimum atomic E-state index is 0.603. The van der Waals surface area contributed by atoms with Gasteiger partial charge in [0.05, 0.1) is 0 Å². The van der Waals surface area contributed by atoms with Crippen molar-refractivity contribution in [1.29, 1.82) is 0 Å². The van der Waals surface area contributed by atoms with Gasteiger partial charge in [0, 0.05) is 13.1 Å². The Morgan fingerprint density at radius 1 is 0.667 bits per heavy atom. The molecule has 24 heavy (non-hydrogen) atoms. The molecule has 0 aliphatic heterocycles. The van der Waals surface area contributed by atoms with Gasteiger partial charge in [-0.15, -0.1) is 0 Å². The van der Waals surface area contributed by atoms with Crippen molar-refractivity contribution in [3.63, 3.8) is 0 Å². The van der Waals surface area contributed by atoms with Crippen molar-refractivity contribution in [3.05, 3.63) is 101 Å². The van der Waals surface area contributed by atoms with Gasteiger partial charge in [-0.05, 0) is 35.7 Å². The van der Waals surface area contributed by atoms with E-state index >= 15 is 0 Å². The van der Waals surface area contributed by atoms with E-state index in [0.717, 1.165) is 18.8 Å². The van der Waals surface area contributed by atoms with Gasteiger partial charge in [0.15, 0.2) is 0 Å². The quantitative estimate of drug-likeness (QED) is 0.671. The molecule has 0 radical (unpaired) electrons. The highest BCUT2D eigenvalue weighted by atomic mass is 16.5. The van der Waals surface area contributed by atoms with Crippen molar-refractivity contribution in [1.82, 2.24) is 5.32 Å². The predicted molar refractivity (Wildman–Crippen MR) is 98.9 cm³/mol. The van der Waals surface area contributed by atoms with Crippen LogP contribution in [0.1, 0.15) is 22.3 Å². The maximum absolute atomic E-state index is 5.84. The van der Waals surface area contributed by atoms with Crippen LogP contribution < -0.4 is 10.1 Å². The zero-order chi connectivity index (χ0) is 16.6. The molecule has 2 nitrogen and oxygen atoms in total. The van der Waals surface area contributed by atoms with Crippen molar-refractivity contribution in [3.8, 4) is 5.75 Å². The summed E-state index contributed by atoms with van der Waals surface area (Å²) in [6.45, 7) is 4.43. The van der Waals surface area contributed by atoms with Gasteiger partial charge < -0.3 is 10.1 Å². The first kappa shape index (κ1) is 16.3. The van der Waals surface area contributed by atoms with E-state index in [-0.39, 0.29) is 0 Å². The molecule has 122 valence electrons. The Morgan fingerprint density at radius 2 is 1.25 bits per heavy atom. The summed E-state index contributed by atoms with van der Waals surface area (Å²) < 4.78 is 5.84. The van der Waals surface area contributed by atoms with E-state index in [2.05, 4.69) is 72.9 Å². The van der Waals surface area contributed by atoms with E-state index in [0.29, 0.717) is 6.61 Å². The Labute approximate surface area is 144 Å².